The molecule has 1 aliphatic rings. The Morgan fingerprint density at radius 1 is 0.889 bits per heavy atom. The summed E-state index contributed by atoms with van der Waals surface area (Å²) in [4.78, 5) is 30.7. The van der Waals surface area contributed by atoms with E-state index in [4.69, 9.17) is 4.74 Å². The zero-order chi connectivity index (χ0) is 24.1. The van der Waals surface area contributed by atoms with Crippen molar-refractivity contribution in [3.63, 3.8) is 0 Å². The Bertz CT molecular complexity index is 1150. The molecule has 0 radical (unpaired) electrons. The van der Waals surface area contributed by atoms with Gasteiger partial charge >= 0.3 is 6.18 Å². The van der Waals surface area contributed by atoms with Gasteiger partial charge in [-0.3, -0.25) is 9.59 Å². The van der Waals surface area contributed by atoms with Gasteiger partial charge in [0, 0.05) is 43.4 Å². The normalized spacial score (nSPS) is 13.1. The van der Waals surface area contributed by atoms with E-state index < -0.39 is 17.6 Å². The van der Waals surface area contributed by atoms with Gasteiger partial charge in [-0.2, -0.15) is 13.2 Å². The second-order valence-electron chi connectivity index (χ2n) is 7.58. The molecular formula is C24H23Cl2F3N4O3. The third-order valence-corrected chi connectivity index (χ3v) is 5.20. The molecule has 12 heteroatoms. The highest BCUT2D eigenvalue weighted by Crippen LogP contribution is 2.29. The number of rotatable bonds is 5. The highest BCUT2D eigenvalue weighted by molar-refractivity contribution is 6.04. The van der Waals surface area contributed by atoms with Crippen LogP contribution in [0.5, 0.6) is 11.6 Å². The van der Waals surface area contributed by atoms with E-state index in [0.29, 0.717) is 30.1 Å². The van der Waals surface area contributed by atoms with E-state index in [0.717, 1.165) is 37.4 Å². The molecule has 192 valence electrons. The molecule has 1 fully saturated rings. The highest BCUT2D eigenvalue weighted by atomic mass is 35.5. The van der Waals surface area contributed by atoms with Gasteiger partial charge in [-0.1, -0.05) is 0 Å². The number of piperazine rings is 1. The molecule has 1 aliphatic heterocycles. The van der Waals surface area contributed by atoms with Crippen LogP contribution in [-0.2, 0) is 6.18 Å². The molecule has 1 saturated heterocycles. The van der Waals surface area contributed by atoms with Crippen LogP contribution in [0, 0.1) is 0 Å². The number of nitrogens with one attached hydrogen (secondary N) is 2. The van der Waals surface area contributed by atoms with Crippen LogP contribution < -0.4 is 15.4 Å². The van der Waals surface area contributed by atoms with E-state index in [1.807, 2.05) is 0 Å². The van der Waals surface area contributed by atoms with Gasteiger partial charge in [-0.25, -0.2) is 4.98 Å². The minimum absolute atomic E-state index is 0. The number of alkyl halides is 3. The minimum atomic E-state index is -4.46. The predicted molar refractivity (Wildman–Crippen MR) is 133 cm³/mol. The molecule has 0 spiro atoms. The SMILES string of the molecule is Cl.Cl.O=C(Nc1ccc(Oc2ccc(C(=O)N3CCNCC3)cc2)nc1)c1ccc(C(F)(F)F)cc1. The summed E-state index contributed by atoms with van der Waals surface area (Å²) < 4.78 is 43.6. The predicted octanol–water partition coefficient (Wildman–Crippen LogP) is 5.03. The van der Waals surface area contributed by atoms with Crippen molar-refractivity contribution in [3.8, 4) is 11.6 Å². The molecular weight excluding hydrogens is 520 g/mol. The van der Waals surface area contributed by atoms with Crippen LogP contribution in [0.1, 0.15) is 26.3 Å². The first kappa shape index (κ1) is 28.9. The van der Waals surface area contributed by atoms with Crippen LogP contribution >= 0.6 is 24.8 Å². The summed E-state index contributed by atoms with van der Waals surface area (Å²) in [7, 11) is 0. The number of nitrogens with zero attached hydrogens (tertiary/aromatic N) is 2. The van der Waals surface area contributed by atoms with Crippen molar-refractivity contribution in [1.29, 1.82) is 0 Å². The number of ether oxygens (including phenoxy) is 1. The van der Waals surface area contributed by atoms with E-state index in [9.17, 15) is 22.8 Å². The monoisotopic (exact) mass is 542 g/mol. The quantitative estimate of drug-likeness (QED) is 0.472. The smallest absolute Gasteiger partial charge is 0.416 e. The van der Waals surface area contributed by atoms with Gasteiger partial charge in [0.1, 0.15) is 5.75 Å². The number of pyridine rings is 1. The van der Waals surface area contributed by atoms with E-state index >= 15 is 0 Å². The maximum atomic E-state index is 12.7. The third-order valence-electron chi connectivity index (χ3n) is 5.20. The molecule has 7 nitrogen and oxygen atoms in total. The van der Waals surface area contributed by atoms with Crippen molar-refractivity contribution in [2.75, 3.05) is 31.5 Å². The van der Waals surface area contributed by atoms with Crippen molar-refractivity contribution in [3.05, 3.63) is 83.6 Å². The number of hydrogen-bond acceptors (Lipinski definition) is 5. The number of benzene rings is 2. The summed E-state index contributed by atoms with van der Waals surface area (Å²) in [5.41, 5.74) is 0.190. The van der Waals surface area contributed by atoms with E-state index in [-0.39, 0.29) is 42.2 Å². The average Bonchev–Trinajstić information content (AvgIpc) is 2.85. The Labute approximate surface area is 217 Å². The lowest BCUT2D eigenvalue weighted by atomic mass is 10.1. The second kappa shape index (κ2) is 12.6. The van der Waals surface area contributed by atoms with Crippen molar-refractivity contribution in [1.82, 2.24) is 15.2 Å². The fourth-order valence-corrected chi connectivity index (χ4v) is 3.37. The van der Waals surface area contributed by atoms with Crippen LogP contribution in [0.4, 0.5) is 18.9 Å². The van der Waals surface area contributed by atoms with Crippen LogP contribution in [0.25, 0.3) is 0 Å². The summed E-state index contributed by atoms with van der Waals surface area (Å²) in [5.74, 6) is 0.174. The number of halogens is 5. The number of carbonyl (C=O) groups is 2. The van der Waals surface area contributed by atoms with Crippen LogP contribution in [0.2, 0.25) is 0 Å². The van der Waals surface area contributed by atoms with Crippen LogP contribution in [-0.4, -0.2) is 47.9 Å². The first-order valence-corrected chi connectivity index (χ1v) is 10.5. The topological polar surface area (TPSA) is 83.6 Å². The zero-order valence-electron chi connectivity index (χ0n) is 18.7. The molecule has 2 heterocycles. The summed E-state index contributed by atoms with van der Waals surface area (Å²) in [6, 6.07) is 13.8. The van der Waals surface area contributed by atoms with Gasteiger partial charge in [-0.15, -0.1) is 24.8 Å². The Morgan fingerprint density at radius 2 is 1.50 bits per heavy atom. The molecule has 0 unspecified atom stereocenters. The van der Waals surface area contributed by atoms with Gasteiger partial charge in [0.2, 0.25) is 5.88 Å². The molecule has 2 amide bonds. The highest BCUT2D eigenvalue weighted by Gasteiger charge is 2.30. The molecule has 2 aromatic carbocycles. The molecule has 0 saturated carbocycles. The van der Waals surface area contributed by atoms with Gasteiger partial charge < -0.3 is 20.3 Å². The van der Waals surface area contributed by atoms with Crippen molar-refractivity contribution in [2.24, 2.45) is 0 Å². The fraction of sp³-hybridized carbons (Fsp3) is 0.208. The number of carbonyl (C=O) groups excluding carboxylic acids is 2. The standard InChI is InChI=1S/C24H21F3N4O3.2ClH/c25-24(26,27)18-5-1-16(2-6-18)22(32)30-19-7-10-21(29-15-19)34-20-8-3-17(4-9-20)23(33)31-13-11-28-12-14-31;;/h1-10,15,28H,11-14H2,(H,30,32);2*1H. The van der Waals surface area contributed by atoms with E-state index in [1.165, 1.54) is 6.20 Å². The molecule has 2 N–H and O–H groups in total. The summed E-state index contributed by atoms with van der Waals surface area (Å²) in [5, 5.41) is 5.78. The first-order valence-electron chi connectivity index (χ1n) is 10.5. The average molecular weight is 543 g/mol. The van der Waals surface area contributed by atoms with Gasteiger partial charge in [0.15, 0.2) is 0 Å². The lowest BCUT2D eigenvalue weighted by Crippen LogP contribution is -2.46. The molecule has 0 aliphatic carbocycles. The molecule has 3 aromatic rings. The number of amides is 2. The minimum Gasteiger partial charge on any atom is -0.439 e. The van der Waals surface area contributed by atoms with Crippen molar-refractivity contribution in [2.45, 2.75) is 6.18 Å². The fourth-order valence-electron chi connectivity index (χ4n) is 3.37. The zero-order valence-corrected chi connectivity index (χ0v) is 20.4. The van der Waals surface area contributed by atoms with E-state index in [1.54, 1.807) is 41.3 Å². The first-order chi connectivity index (χ1) is 16.3. The lowest BCUT2D eigenvalue weighted by molar-refractivity contribution is -0.137. The van der Waals surface area contributed by atoms with Crippen LogP contribution in [0.3, 0.4) is 0 Å². The molecule has 36 heavy (non-hydrogen) atoms. The van der Waals surface area contributed by atoms with Crippen molar-refractivity contribution < 1.29 is 27.5 Å². The summed E-state index contributed by atoms with van der Waals surface area (Å²) >= 11 is 0. The largest absolute Gasteiger partial charge is 0.439 e. The molecule has 0 bridgehead atoms. The third kappa shape index (κ3) is 7.33. The number of aromatic nitrogens is 1. The van der Waals surface area contributed by atoms with E-state index in [2.05, 4.69) is 15.6 Å². The van der Waals surface area contributed by atoms with Crippen LogP contribution in [0.15, 0.2) is 66.9 Å². The van der Waals surface area contributed by atoms with Gasteiger partial charge in [0.05, 0.1) is 17.4 Å². The maximum absolute atomic E-state index is 12.7. The Morgan fingerprint density at radius 3 is 2.06 bits per heavy atom. The van der Waals surface area contributed by atoms with Crippen molar-refractivity contribution >= 4 is 42.3 Å². The lowest BCUT2D eigenvalue weighted by Gasteiger charge is -2.27. The van der Waals surface area contributed by atoms with Gasteiger partial charge in [-0.05, 0) is 54.6 Å². The Balaban J connectivity index is 0.00000228. The number of hydrogen-bond donors (Lipinski definition) is 2. The summed E-state index contributed by atoms with van der Waals surface area (Å²) in [6.45, 7) is 2.89. The molecule has 4 rings (SSSR count). The maximum Gasteiger partial charge on any atom is 0.416 e. The Hall–Kier alpha value is -3.34. The summed E-state index contributed by atoms with van der Waals surface area (Å²) in [6.07, 6.45) is -3.09. The second-order valence-corrected chi connectivity index (χ2v) is 7.58. The van der Waals surface area contributed by atoms with Gasteiger partial charge in [0.25, 0.3) is 11.8 Å². The molecule has 0 atom stereocenters. The molecule has 1 aromatic heterocycles. The number of anilines is 1. The Kier molecular flexibility index (Phi) is 10.1.